The van der Waals surface area contributed by atoms with Crippen molar-refractivity contribution in [2.24, 2.45) is 0 Å². The Morgan fingerprint density at radius 1 is 1.28 bits per heavy atom. The number of nitrogens with zero attached hydrogens (tertiary/aromatic N) is 2. The van der Waals surface area contributed by atoms with Crippen LogP contribution in [0.1, 0.15) is 25.1 Å². The van der Waals surface area contributed by atoms with Crippen molar-refractivity contribution in [2.75, 3.05) is 6.54 Å². The first kappa shape index (κ1) is 12.8. The molecular formula is C14H18FN3. The summed E-state index contributed by atoms with van der Waals surface area (Å²) >= 11 is 0. The molecule has 96 valence electrons. The van der Waals surface area contributed by atoms with Crippen molar-refractivity contribution in [1.82, 2.24) is 15.1 Å². The molecule has 0 aliphatic heterocycles. The lowest BCUT2D eigenvalue weighted by atomic mass is 10.2. The SMILES string of the molecule is CCNCc1cnn(-c2ccccc2F)c1CC. The largest absolute Gasteiger partial charge is 0.313 e. The predicted octanol–water partition coefficient (Wildman–Crippen LogP) is 2.68. The number of nitrogens with one attached hydrogen (secondary N) is 1. The minimum Gasteiger partial charge on any atom is -0.313 e. The third-order valence-corrected chi connectivity index (χ3v) is 2.94. The van der Waals surface area contributed by atoms with E-state index in [0.717, 1.165) is 30.8 Å². The zero-order chi connectivity index (χ0) is 13.0. The minimum absolute atomic E-state index is 0.245. The molecule has 0 amide bonds. The van der Waals surface area contributed by atoms with Crippen LogP contribution >= 0.6 is 0 Å². The molecule has 0 aliphatic carbocycles. The molecule has 0 fully saturated rings. The maximum Gasteiger partial charge on any atom is 0.148 e. The van der Waals surface area contributed by atoms with Crippen LogP contribution < -0.4 is 5.32 Å². The molecule has 0 saturated heterocycles. The Balaban J connectivity index is 2.40. The Bertz CT molecular complexity index is 520. The van der Waals surface area contributed by atoms with Crippen molar-refractivity contribution < 1.29 is 4.39 Å². The molecule has 0 radical (unpaired) electrons. The molecule has 4 heteroatoms. The molecular weight excluding hydrogens is 229 g/mol. The van der Waals surface area contributed by atoms with Gasteiger partial charge in [-0.2, -0.15) is 5.10 Å². The summed E-state index contributed by atoms with van der Waals surface area (Å²) in [6.45, 7) is 5.80. The van der Waals surface area contributed by atoms with Crippen LogP contribution in [0.5, 0.6) is 0 Å². The summed E-state index contributed by atoms with van der Waals surface area (Å²) in [7, 11) is 0. The summed E-state index contributed by atoms with van der Waals surface area (Å²) in [4.78, 5) is 0. The van der Waals surface area contributed by atoms with E-state index in [4.69, 9.17) is 0 Å². The van der Waals surface area contributed by atoms with Crippen LogP contribution in [0, 0.1) is 5.82 Å². The normalized spacial score (nSPS) is 10.8. The summed E-state index contributed by atoms with van der Waals surface area (Å²) in [5.41, 5.74) is 2.70. The summed E-state index contributed by atoms with van der Waals surface area (Å²) in [5, 5.41) is 7.58. The topological polar surface area (TPSA) is 29.9 Å². The van der Waals surface area contributed by atoms with Gasteiger partial charge in [0.05, 0.1) is 6.20 Å². The first-order valence-corrected chi connectivity index (χ1v) is 6.29. The third kappa shape index (κ3) is 2.43. The highest BCUT2D eigenvalue weighted by molar-refractivity contribution is 5.36. The fourth-order valence-corrected chi connectivity index (χ4v) is 2.02. The van der Waals surface area contributed by atoms with Crippen molar-refractivity contribution in [3.05, 3.63) is 47.5 Å². The molecule has 2 aromatic rings. The van der Waals surface area contributed by atoms with Crippen molar-refractivity contribution in [3.63, 3.8) is 0 Å². The number of hydrogen-bond acceptors (Lipinski definition) is 2. The van der Waals surface area contributed by atoms with Gasteiger partial charge in [-0.15, -0.1) is 0 Å². The number of hydrogen-bond donors (Lipinski definition) is 1. The number of rotatable bonds is 5. The van der Waals surface area contributed by atoms with Gasteiger partial charge in [0.2, 0.25) is 0 Å². The Labute approximate surface area is 107 Å². The standard InChI is InChI=1S/C14H18FN3/c1-3-13-11(9-16-4-2)10-17-18(13)14-8-6-5-7-12(14)15/h5-8,10,16H,3-4,9H2,1-2H3. The van der Waals surface area contributed by atoms with Crippen molar-refractivity contribution in [2.45, 2.75) is 26.8 Å². The molecule has 0 saturated carbocycles. The average molecular weight is 247 g/mol. The number of benzene rings is 1. The first-order chi connectivity index (χ1) is 8.77. The van der Waals surface area contributed by atoms with Gasteiger partial charge in [-0.25, -0.2) is 9.07 Å². The van der Waals surface area contributed by atoms with Gasteiger partial charge >= 0.3 is 0 Å². The zero-order valence-electron chi connectivity index (χ0n) is 10.8. The summed E-state index contributed by atoms with van der Waals surface area (Å²) in [6.07, 6.45) is 2.64. The lowest BCUT2D eigenvalue weighted by molar-refractivity contribution is 0.606. The highest BCUT2D eigenvalue weighted by atomic mass is 19.1. The molecule has 1 aromatic carbocycles. The Morgan fingerprint density at radius 2 is 2.06 bits per heavy atom. The quantitative estimate of drug-likeness (QED) is 0.880. The van der Waals surface area contributed by atoms with E-state index in [1.165, 1.54) is 6.07 Å². The fraction of sp³-hybridized carbons (Fsp3) is 0.357. The van der Waals surface area contributed by atoms with E-state index in [9.17, 15) is 4.39 Å². The molecule has 1 aromatic heterocycles. The summed E-state index contributed by atoms with van der Waals surface area (Å²) in [5.74, 6) is -0.245. The van der Waals surface area contributed by atoms with Gasteiger partial charge in [-0.1, -0.05) is 26.0 Å². The molecule has 0 spiro atoms. The Kier molecular flexibility index (Phi) is 4.10. The second-order valence-corrected chi connectivity index (χ2v) is 4.11. The minimum atomic E-state index is -0.245. The molecule has 3 nitrogen and oxygen atoms in total. The van der Waals surface area contributed by atoms with Crippen molar-refractivity contribution >= 4 is 0 Å². The molecule has 0 bridgehead atoms. The molecule has 0 aliphatic rings. The van der Waals surface area contributed by atoms with Gasteiger partial charge in [0.25, 0.3) is 0 Å². The maximum atomic E-state index is 13.8. The molecule has 1 heterocycles. The van der Waals surface area contributed by atoms with Crippen LogP contribution in [0.4, 0.5) is 4.39 Å². The average Bonchev–Trinajstić information content (AvgIpc) is 2.79. The summed E-state index contributed by atoms with van der Waals surface area (Å²) in [6, 6.07) is 6.72. The van der Waals surface area contributed by atoms with Crippen LogP contribution in [-0.2, 0) is 13.0 Å². The number of para-hydroxylation sites is 1. The molecule has 0 atom stereocenters. The molecule has 2 rings (SSSR count). The highest BCUT2D eigenvalue weighted by Gasteiger charge is 2.12. The van der Waals surface area contributed by atoms with E-state index in [0.29, 0.717) is 5.69 Å². The number of aromatic nitrogens is 2. The Hall–Kier alpha value is -1.68. The predicted molar refractivity (Wildman–Crippen MR) is 70.3 cm³/mol. The number of halogens is 1. The van der Waals surface area contributed by atoms with Crippen molar-refractivity contribution in [1.29, 1.82) is 0 Å². The van der Waals surface area contributed by atoms with Gasteiger partial charge in [0.15, 0.2) is 0 Å². The van der Waals surface area contributed by atoms with E-state index in [1.807, 2.05) is 12.3 Å². The van der Waals surface area contributed by atoms with Crippen LogP contribution in [0.2, 0.25) is 0 Å². The lowest BCUT2D eigenvalue weighted by Gasteiger charge is -2.09. The zero-order valence-corrected chi connectivity index (χ0v) is 10.8. The first-order valence-electron chi connectivity index (χ1n) is 6.29. The van der Waals surface area contributed by atoms with Crippen molar-refractivity contribution in [3.8, 4) is 5.69 Å². The van der Waals surface area contributed by atoms with Crippen LogP contribution in [0.15, 0.2) is 30.5 Å². The van der Waals surface area contributed by atoms with E-state index in [-0.39, 0.29) is 5.82 Å². The Morgan fingerprint density at radius 3 is 2.72 bits per heavy atom. The maximum absolute atomic E-state index is 13.8. The van der Waals surface area contributed by atoms with Gasteiger partial charge in [-0.3, -0.25) is 0 Å². The van der Waals surface area contributed by atoms with Gasteiger partial charge in [-0.05, 0) is 25.1 Å². The smallest absolute Gasteiger partial charge is 0.148 e. The van der Waals surface area contributed by atoms with E-state index >= 15 is 0 Å². The van der Waals surface area contributed by atoms with E-state index in [2.05, 4.69) is 24.3 Å². The van der Waals surface area contributed by atoms with Crippen LogP contribution in [-0.4, -0.2) is 16.3 Å². The third-order valence-electron chi connectivity index (χ3n) is 2.94. The van der Waals surface area contributed by atoms with E-state index < -0.39 is 0 Å². The lowest BCUT2D eigenvalue weighted by Crippen LogP contribution is -2.13. The van der Waals surface area contributed by atoms with Gasteiger partial charge in [0, 0.05) is 17.8 Å². The van der Waals surface area contributed by atoms with Gasteiger partial charge in [0.1, 0.15) is 11.5 Å². The van der Waals surface area contributed by atoms with E-state index in [1.54, 1.807) is 16.8 Å². The van der Waals surface area contributed by atoms with Crippen LogP contribution in [0.25, 0.3) is 5.69 Å². The summed E-state index contributed by atoms with van der Waals surface area (Å²) < 4.78 is 15.5. The monoisotopic (exact) mass is 247 g/mol. The fourth-order valence-electron chi connectivity index (χ4n) is 2.02. The molecule has 18 heavy (non-hydrogen) atoms. The highest BCUT2D eigenvalue weighted by Crippen LogP contribution is 2.18. The molecule has 1 N–H and O–H groups in total. The van der Waals surface area contributed by atoms with Gasteiger partial charge < -0.3 is 5.32 Å². The molecule has 0 unspecified atom stereocenters. The van der Waals surface area contributed by atoms with Crippen LogP contribution in [0.3, 0.4) is 0 Å². The second-order valence-electron chi connectivity index (χ2n) is 4.11. The second kappa shape index (κ2) is 5.78.